The van der Waals surface area contributed by atoms with Gasteiger partial charge in [0, 0.05) is 7.14 Å². The molecule has 2 aromatic rings. The summed E-state index contributed by atoms with van der Waals surface area (Å²) < 4.78 is 2.36. The van der Waals surface area contributed by atoms with E-state index in [1.165, 1.54) is 7.14 Å². The van der Waals surface area contributed by atoms with E-state index >= 15 is 0 Å². The predicted octanol–water partition coefficient (Wildman–Crippen LogP) is 3.96. The average molecular weight is 438 g/mol. The van der Waals surface area contributed by atoms with Gasteiger partial charge in [0.05, 0.1) is 11.4 Å². The molecule has 2 rings (SSSR count). The standard InChI is InChI=1S/C12H12I2N2/c1-3-9-10(4-2)16-12-8(14)6-5-7(13)11(12)15-9/h5-6H,3-4H2,1-2H3. The number of aryl methyl sites for hydroxylation is 2. The topological polar surface area (TPSA) is 25.8 Å². The molecule has 16 heavy (non-hydrogen) atoms. The molecular formula is C12H12I2N2. The number of nitrogens with zero attached hydrogens (tertiary/aromatic N) is 2. The lowest BCUT2D eigenvalue weighted by molar-refractivity contribution is 0.928. The molecule has 0 aliphatic carbocycles. The van der Waals surface area contributed by atoms with E-state index in [9.17, 15) is 0 Å². The molecule has 2 nitrogen and oxygen atoms in total. The Labute approximate surface area is 123 Å². The van der Waals surface area contributed by atoms with Crippen molar-refractivity contribution in [3.05, 3.63) is 30.7 Å². The maximum absolute atomic E-state index is 4.75. The Morgan fingerprint density at radius 1 is 0.875 bits per heavy atom. The van der Waals surface area contributed by atoms with Gasteiger partial charge in [-0.15, -0.1) is 0 Å². The third-order valence-electron chi connectivity index (χ3n) is 2.55. The molecule has 0 unspecified atom stereocenters. The van der Waals surface area contributed by atoms with Crippen LogP contribution in [0.4, 0.5) is 0 Å². The third-order valence-corrected chi connectivity index (χ3v) is 4.29. The molecule has 0 spiro atoms. The summed E-state index contributed by atoms with van der Waals surface area (Å²) in [6, 6.07) is 4.20. The number of fused-ring (bicyclic) bond motifs is 1. The van der Waals surface area contributed by atoms with Crippen LogP contribution in [0.5, 0.6) is 0 Å². The van der Waals surface area contributed by atoms with Crippen LogP contribution in [0.25, 0.3) is 11.0 Å². The lowest BCUT2D eigenvalue weighted by Crippen LogP contribution is -2.02. The maximum Gasteiger partial charge on any atom is 0.103 e. The molecule has 0 saturated carbocycles. The van der Waals surface area contributed by atoms with E-state index in [0.717, 1.165) is 35.3 Å². The van der Waals surface area contributed by atoms with Crippen molar-refractivity contribution in [3.8, 4) is 0 Å². The lowest BCUT2D eigenvalue weighted by atomic mass is 10.2. The fourth-order valence-corrected chi connectivity index (χ4v) is 2.82. The lowest BCUT2D eigenvalue weighted by Gasteiger charge is -2.08. The number of rotatable bonds is 2. The molecule has 0 radical (unpaired) electrons. The van der Waals surface area contributed by atoms with Gasteiger partial charge in [-0.1, -0.05) is 13.8 Å². The minimum Gasteiger partial charge on any atom is -0.248 e. The first-order chi connectivity index (χ1) is 7.67. The summed E-state index contributed by atoms with van der Waals surface area (Å²) in [4.78, 5) is 9.50. The van der Waals surface area contributed by atoms with E-state index in [0.29, 0.717) is 0 Å². The Bertz CT molecular complexity index is 490. The Kier molecular flexibility index (Phi) is 3.99. The zero-order chi connectivity index (χ0) is 11.7. The highest BCUT2D eigenvalue weighted by atomic mass is 127. The van der Waals surface area contributed by atoms with Crippen LogP contribution in [-0.4, -0.2) is 9.97 Å². The van der Waals surface area contributed by atoms with E-state index < -0.39 is 0 Å². The van der Waals surface area contributed by atoms with Crippen molar-refractivity contribution in [3.63, 3.8) is 0 Å². The number of hydrogen-bond acceptors (Lipinski definition) is 2. The highest BCUT2D eigenvalue weighted by Crippen LogP contribution is 2.24. The van der Waals surface area contributed by atoms with E-state index in [4.69, 9.17) is 9.97 Å². The Balaban J connectivity index is 2.82. The van der Waals surface area contributed by atoms with Gasteiger partial charge in [0.2, 0.25) is 0 Å². The summed E-state index contributed by atoms with van der Waals surface area (Å²) in [5.74, 6) is 0. The fraction of sp³-hybridized carbons (Fsp3) is 0.333. The van der Waals surface area contributed by atoms with E-state index in [2.05, 4.69) is 71.2 Å². The predicted molar refractivity (Wildman–Crippen MR) is 83.7 cm³/mol. The monoisotopic (exact) mass is 438 g/mol. The van der Waals surface area contributed by atoms with Gasteiger partial charge < -0.3 is 0 Å². The number of halogens is 2. The third kappa shape index (κ3) is 2.18. The van der Waals surface area contributed by atoms with Crippen LogP contribution >= 0.6 is 45.2 Å². The smallest absolute Gasteiger partial charge is 0.103 e. The molecular weight excluding hydrogens is 426 g/mol. The summed E-state index contributed by atoms with van der Waals surface area (Å²) in [6.45, 7) is 4.27. The summed E-state index contributed by atoms with van der Waals surface area (Å²) in [5, 5.41) is 0. The normalized spacial score (nSPS) is 11.0. The molecule has 0 fully saturated rings. The zero-order valence-corrected chi connectivity index (χ0v) is 13.5. The average Bonchev–Trinajstić information content (AvgIpc) is 2.32. The van der Waals surface area contributed by atoms with Crippen molar-refractivity contribution in [2.75, 3.05) is 0 Å². The van der Waals surface area contributed by atoms with Crippen molar-refractivity contribution in [2.45, 2.75) is 26.7 Å². The van der Waals surface area contributed by atoms with Crippen LogP contribution in [0.1, 0.15) is 25.2 Å². The zero-order valence-electron chi connectivity index (χ0n) is 9.22. The van der Waals surface area contributed by atoms with Crippen LogP contribution in [0.15, 0.2) is 12.1 Å². The highest BCUT2D eigenvalue weighted by Gasteiger charge is 2.10. The Hall–Kier alpha value is 0.0200. The summed E-state index contributed by atoms with van der Waals surface area (Å²) in [6.07, 6.45) is 1.90. The molecule has 1 aromatic carbocycles. The van der Waals surface area contributed by atoms with E-state index in [1.54, 1.807) is 0 Å². The first-order valence-corrected chi connectivity index (χ1v) is 7.46. The van der Waals surface area contributed by atoms with E-state index in [1.807, 2.05) is 0 Å². The minimum absolute atomic E-state index is 0.952. The Morgan fingerprint density at radius 3 is 1.56 bits per heavy atom. The molecule has 0 N–H and O–H groups in total. The number of hydrogen-bond donors (Lipinski definition) is 0. The second-order valence-corrected chi connectivity index (χ2v) is 5.87. The van der Waals surface area contributed by atoms with Crippen LogP contribution in [0.2, 0.25) is 0 Å². The van der Waals surface area contributed by atoms with Crippen LogP contribution in [-0.2, 0) is 12.8 Å². The maximum atomic E-state index is 4.75. The molecule has 0 bridgehead atoms. The van der Waals surface area contributed by atoms with Gasteiger partial charge in [-0.3, -0.25) is 0 Å². The summed E-state index contributed by atoms with van der Waals surface area (Å²) in [5.41, 5.74) is 4.35. The highest BCUT2D eigenvalue weighted by molar-refractivity contribution is 14.1. The molecule has 1 aromatic heterocycles. The largest absolute Gasteiger partial charge is 0.248 e. The molecule has 0 saturated heterocycles. The van der Waals surface area contributed by atoms with E-state index in [-0.39, 0.29) is 0 Å². The first kappa shape index (κ1) is 12.5. The quantitative estimate of drug-likeness (QED) is 0.664. The fourth-order valence-electron chi connectivity index (χ4n) is 1.71. The van der Waals surface area contributed by atoms with Crippen molar-refractivity contribution in [1.82, 2.24) is 9.97 Å². The summed E-state index contributed by atoms with van der Waals surface area (Å²) in [7, 11) is 0. The SMILES string of the molecule is CCc1nc2c(I)ccc(I)c2nc1CC. The van der Waals surface area contributed by atoms with Crippen molar-refractivity contribution < 1.29 is 0 Å². The molecule has 1 heterocycles. The molecule has 0 aliphatic rings. The van der Waals surface area contributed by atoms with Crippen LogP contribution in [0, 0.1) is 7.14 Å². The summed E-state index contributed by atoms with van der Waals surface area (Å²) >= 11 is 4.65. The minimum atomic E-state index is 0.952. The molecule has 0 amide bonds. The van der Waals surface area contributed by atoms with Gasteiger partial charge >= 0.3 is 0 Å². The second kappa shape index (κ2) is 5.12. The van der Waals surface area contributed by atoms with Gasteiger partial charge in [0.1, 0.15) is 11.0 Å². The van der Waals surface area contributed by atoms with Gasteiger partial charge in [-0.25, -0.2) is 9.97 Å². The molecule has 4 heteroatoms. The van der Waals surface area contributed by atoms with Crippen molar-refractivity contribution in [2.24, 2.45) is 0 Å². The Morgan fingerprint density at radius 2 is 1.25 bits per heavy atom. The van der Waals surface area contributed by atoms with Gasteiger partial charge in [0.15, 0.2) is 0 Å². The van der Waals surface area contributed by atoms with Gasteiger partial charge in [0.25, 0.3) is 0 Å². The van der Waals surface area contributed by atoms with Crippen LogP contribution in [0.3, 0.4) is 0 Å². The van der Waals surface area contributed by atoms with Gasteiger partial charge in [-0.05, 0) is 70.2 Å². The molecule has 84 valence electrons. The van der Waals surface area contributed by atoms with Crippen molar-refractivity contribution >= 4 is 56.2 Å². The second-order valence-electron chi connectivity index (χ2n) is 3.55. The van der Waals surface area contributed by atoms with Crippen LogP contribution < -0.4 is 0 Å². The molecule has 0 atom stereocenters. The van der Waals surface area contributed by atoms with Gasteiger partial charge in [-0.2, -0.15) is 0 Å². The first-order valence-electron chi connectivity index (χ1n) is 5.30. The number of aromatic nitrogens is 2. The number of benzene rings is 1. The van der Waals surface area contributed by atoms with Crippen molar-refractivity contribution in [1.29, 1.82) is 0 Å². The molecule has 0 aliphatic heterocycles.